The maximum absolute atomic E-state index is 12.9. The molecule has 0 saturated carbocycles. The van der Waals surface area contributed by atoms with Gasteiger partial charge in [-0.15, -0.1) is 0 Å². The first kappa shape index (κ1) is 20.0. The lowest BCUT2D eigenvalue weighted by Gasteiger charge is -2.19. The third-order valence-corrected chi connectivity index (χ3v) is 4.84. The second-order valence-corrected chi connectivity index (χ2v) is 7.26. The second-order valence-electron chi connectivity index (χ2n) is 7.26. The molecule has 31 heavy (non-hydrogen) atoms. The number of ketones is 1. The van der Waals surface area contributed by atoms with Crippen molar-refractivity contribution >= 4 is 39.9 Å². The van der Waals surface area contributed by atoms with E-state index in [1.54, 1.807) is 36.4 Å². The van der Waals surface area contributed by atoms with Crippen LogP contribution in [-0.2, 0) is 4.79 Å². The Morgan fingerprint density at radius 2 is 1.39 bits per heavy atom. The Morgan fingerprint density at radius 3 is 2.06 bits per heavy atom. The van der Waals surface area contributed by atoms with Gasteiger partial charge < -0.3 is 22.1 Å². The highest BCUT2D eigenvalue weighted by atomic mass is 16.1. The lowest BCUT2D eigenvalue weighted by atomic mass is 10.0. The van der Waals surface area contributed by atoms with E-state index in [4.69, 9.17) is 16.5 Å². The highest BCUT2D eigenvalue weighted by molar-refractivity contribution is 6.24. The molecular weight excluding hydrogens is 386 g/mol. The fourth-order valence-corrected chi connectivity index (χ4v) is 3.13. The van der Waals surface area contributed by atoms with Gasteiger partial charge in [0.05, 0.1) is 22.8 Å². The summed E-state index contributed by atoms with van der Waals surface area (Å²) in [6.45, 7) is 2.01. The Balaban J connectivity index is 1.70. The average molecular weight is 409 g/mol. The number of benzene rings is 3. The number of nitrogens with one attached hydrogen (secondary N) is 2. The molecule has 6 N–H and O–H groups in total. The summed E-state index contributed by atoms with van der Waals surface area (Å²) < 4.78 is 0. The maximum Gasteiger partial charge on any atom is 0.204 e. The fourth-order valence-electron chi connectivity index (χ4n) is 3.13. The molecule has 3 aromatic rings. The minimum absolute atomic E-state index is 0.149. The van der Waals surface area contributed by atoms with E-state index < -0.39 is 0 Å². The molecule has 0 heterocycles. The van der Waals surface area contributed by atoms with Crippen LogP contribution in [0.2, 0.25) is 0 Å². The van der Waals surface area contributed by atoms with Crippen LogP contribution in [0, 0.1) is 6.92 Å². The van der Waals surface area contributed by atoms with Crippen molar-refractivity contribution in [3.05, 3.63) is 102 Å². The molecule has 0 spiro atoms. The van der Waals surface area contributed by atoms with Crippen LogP contribution in [0.1, 0.15) is 5.56 Å². The molecule has 1 aliphatic rings. The standard InChI is InChI=1S/C25H23N5O/c1-16-4-2-3-5-21(16)30-23-15-25(31)24(29-20-12-8-18(27)9-13-20)14-22(23)28-19-10-6-17(26)7-11-19/h2-15,29-30H,26-27H2,1H3. The van der Waals surface area contributed by atoms with Crippen LogP contribution in [0.4, 0.5) is 28.4 Å². The summed E-state index contributed by atoms with van der Waals surface area (Å²) in [6, 6.07) is 22.4. The molecule has 0 saturated heterocycles. The first-order valence-electron chi connectivity index (χ1n) is 9.85. The number of nitrogens with two attached hydrogens (primary N) is 2. The molecule has 0 aromatic heterocycles. The van der Waals surface area contributed by atoms with Crippen molar-refractivity contribution in [1.82, 2.24) is 0 Å². The number of carbonyl (C=O) groups is 1. The number of nitrogens with zero attached hydrogens (tertiary/aromatic N) is 1. The van der Waals surface area contributed by atoms with E-state index >= 15 is 0 Å². The minimum Gasteiger partial charge on any atom is -0.399 e. The summed E-state index contributed by atoms with van der Waals surface area (Å²) in [4.78, 5) is 17.6. The molecule has 0 fully saturated rings. The van der Waals surface area contributed by atoms with Crippen LogP contribution in [0.15, 0.2) is 101 Å². The molecular formula is C25H23N5O. The summed E-state index contributed by atoms with van der Waals surface area (Å²) in [5.41, 5.74) is 18.0. The second kappa shape index (κ2) is 8.59. The molecule has 1 aliphatic carbocycles. The first-order chi connectivity index (χ1) is 15.0. The molecule has 0 unspecified atom stereocenters. The molecule has 0 aliphatic heterocycles. The number of rotatable bonds is 5. The topological polar surface area (TPSA) is 106 Å². The molecule has 0 bridgehead atoms. The normalized spacial score (nSPS) is 14.7. The Hall–Kier alpha value is -4.32. The van der Waals surface area contributed by atoms with E-state index in [1.165, 1.54) is 0 Å². The number of hydrogen-bond donors (Lipinski definition) is 4. The van der Waals surface area contributed by atoms with Crippen molar-refractivity contribution in [2.24, 2.45) is 4.99 Å². The predicted octanol–water partition coefficient (Wildman–Crippen LogP) is 4.81. The van der Waals surface area contributed by atoms with Crippen molar-refractivity contribution in [3.63, 3.8) is 0 Å². The fraction of sp³-hybridized carbons (Fsp3) is 0.0400. The van der Waals surface area contributed by atoms with Crippen LogP contribution in [0.5, 0.6) is 0 Å². The maximum atomic E-state index is 12.9. The number of hydrogen-bond acceptors (Lipinski definition) is 6. The predicted molar refractivity (Wildman–Crippen MR) is 128 cm³/mol. The summed E-state index contributed by atoms with van der Waals surface area (Å²) in [7, 11) is 0. The number of allylic oxidation sites excluding steroid dienone is 2. The SMILES string of the molecule is Cc1ccccc1NC1=CC(=O)C(Nc2ccc(N)cc2)=CC1=Nc1ccc(N)cc1. The van der Waals surface area contributed by atoms with Crippen molar-refractivity contribution in [3.8, 4) is 0 Å². The lowest BCUT2D eigenvalue weighted by Crippen LogP contribution is -2.22. The Morgan fingerprint density at radius 1 is 0.742 bits per heavy atom. The van der Waals surface area contributed by atoms with Gasteiger partial charge in [0.2, 0.25) is 5.78 Å². The van der Waals surface area contributed by atoms with E-state index in [0.29, 0.717) is 28.5 Å². The van der Waals surface area contributed by atoms with E-state index in [1.807, 2.05) is 55.5 Å². The van der Waals surface area contributed by atoms with Gasteiger partial charge >= 0.3 is 0 Å². The van der Waals surface area contributed by atoms with Crippen LogP contribution in [0.3, 0.4) is 0 Å². The molecule has 6 heteroatoms. The summed E-state index contributed by atoms with van der Waals surface area (Å²) in [5, 5.41) is 6.51. The van der Waals surface area contributed by atoms with Gasteiger partial charge in [-0.05, 0) is 73.2 Å². The van der Waals surface area contributed by atoms with E-state index in [0.717, 1.165) is 22.6 Å². The molecule has 0 radical (unpaired) electrons. The Bertz CT molecular complexity index is 1210. The number of aliphatic imine (C=N–C) groups is 1. The Labute approximate surface area is 181 Å². The number of anilines is 4. The lowest BCUT2D eigenvalue weighted by molar-refractivity contribution is -0.111. The first-order valence-corrected chi connectivity index (χ1v) is 9.85. The van der Waals surface area contributed by atoms with E-state index in [-0.39, 0.29) is 5.78 Å². The number of carbonyl (C=O) groups excluding carboxylic acids is 1. The highest BCUT2D eigenvalue weighted by Crippen LogP contribution is 2.24. The largest absolute Gasteiger partial charge is 0.399 e. The van der Waals surface area contributed by atoms with Crippen LogP contribution in [0.25, 0.3) is 0 Å². The smallest absolute Gasteiger partial charge is 0.204 e. The quantitative estimate of drug-likeness (QED) is 0.358. The zero-order valence-corrected chi connectivity index (χ0v) is 17.1. The van der Waals surface area contributed by atoms with E-state index in [9.17, 15) is 4.79 Å². The van der Waals surface area contributed by atoms with Crippen molar-refractivity contribution in [2.75, 3.05) is 22.1 Å². The molecule has 0 atom stereocenters. The summed E-state index contributed by atoms with van der Waals surface area (Å²) in [6.07, 6.45) is 3.30. The van der Waals surface area contributed by atoms with Gasteiger partial charge in [-0.3, -0.25) is 4.79 Å². The third-order valence-electron chi connectivity index (χ3n) is 4.84. The number of nitrogen functional groups attached to an aromatic ring is 2. The molecule has 154 valence electrons. The van der Waals surface area contributed by atoms with E-state index in [2.05, 4.69) is 10.6 Å². The monoisotopic (exact) mass is 409 g/mol. The van der Waals surface area contributed by atoms with Gasteiger partial charge in [-0.2, -0.15) is 0 Å². The molecule has 6 nitrogen and oxygen atoms in total. The van der Waals surface area contributed by atoms with Crippen molar-refractivity contribution in [2.45, 2.75) is 6.92 Å². The van der Waals surface area contributed by atoms with Gasteiger partial charge in [0, 0.05) is 28.8 Å². The van der Waals surface area contributed by atoms with Gasteiger partial charge in [-0.1, -0.05) is 18.2 Å². The van der Waals surface area contributed by atoms with Gasteiger partial charge in [-0.25, -0.2) is 4.99 Å². The van der Waals surface area contributed by atoms with Gasteiger partial charge in [0.1, 0.15) is 0 Å². The molecule has 4 rings (SSSR count). The molecule has 3 aromatic carbocycles. The Kier molecular flexibility index (Phi) is 5.53. The average Bonchev–Trinajstić information content (AvgIpc) is 2.76. The molecule has 0 amide bonds. The number of aryl methyl sites for hydroxylation is 1. The van der Waals surface area contributed by atoms with Crippen molar-refractivity contribution in [1.29, 1.82) is 0 Å². The van der Waals surface area contributed by atoms with Gasteiger partial charge in [0.25, 0.3) is 0 Å². The van der Waals surface area contributed by atoms with Gasteiger partial charge in [0.15, 0.2) is 0 Å². The minimum atomic E-state index is -0.149. The zero-order valence-electron chi connectivity index (χ0n) is 17.1. The summed E-state index contributed by atoms with van der Waals surface area (Å²) in [5.74, 6) is -0.149. The zero-order chi connectivity index (χ0) is 21.8. The number of para-hydroxylation sites is 1. The van der Waals surface area contributed by atoms with Crippen LogP contribution >= 0.6 is 0 Å². The summed E-state index contributed by atoms with van der Waals surface area (Å²) >= 11 is 0. The van der Waals surface area contributed by atoms with Crippen LogP contribution in [-0.4, -0.2) is 11.5 Å². The van der Waals surface area contributed by atoms with Crippen molar-refractivity contribution < 1.29 is 4.79 Å². The highest BCUT2D eigenvalue weighted by Gasteiger charge is 2.20. The third kappa shape index (κ3) is 4.82. The van der Waals surface area contributed by atoms with Crippen LogP contribution < -0.4 is 22.1 Å².